The third-order valence-electron chi connectivity index (χ3n) is 3.75. The second kappa shape index (κ2) is 4.51. The van der Waals surface area contributed by atoms with Gasteiger partial charge in [0.25, 0.3) is 0 Å². The minimum atomic E-state index is -3.45. The molecule has 1 aromatic carbocycles. The maximum atomic E-state index is 12.2. The molecule has 0 radical (unpaired) electrons. The van der Waals surface area contributed by atoms with Crippen LogP contribution in [0.5, 0.6) is 0 Å². The Morgan fingerprint density at radius 2 is 2.06 bits per heavy atom. The molecule has 0 heterocycles. The Morgan fingerprint density at radius 3 is 2.56 bits per heavy atom. The maximum Gasteiger partial charge on any atom is 0.240 e. The van der Waals surface area contributed by atoms with E-state index in [1.807, 2.05) is 26.8 Å². The van der Waals surface area contributed by atoms with Gasteiger partial charge in [-0.15, -0.1) is 11.6 Å². The molecule has 18 heavy (non-hydrogen) atoms. The molecule has 100 valence electrons. The van der Waals surface area contributed by atoms with E-state index in [1.165, 1.54) is 0 Å². The molecule has 1 fully saturated rings. The molecule has 0 spiro atoms. The van der Waals surface area contributed by atoms with Crippen LogP contribution in [0.2, 0.25) is 0 Å². The second-order valence-electron chi connectivity index (χ2n) is 5.51. The van der Waals surface area contributed by atoms with Crippen LogP contribution in [-0.2, 0) is 10.0 Å². The molecule has 5 heteroatoms. The first-order chi connectivity index (χ1) is 8.23. The number of alkyl halides is 1. The summed E-state index contributed by atoms with van der Waals surface area (Å²) >= 11 is 6.10. The van der Waals surface area contributed by atoms with E-state index >= 15 is 0 Å². The monoisotopic (exact) mass is 287 g/mol. The van der Waals surface area contributed by atoms with Crippen molar-refractivity contribution in [3.8, 4) is 0 Å². The number of hydrogen-bond donors (Lipinski definition) is 1. The van der Waals surface area contributed by atoms with Crippen molar-refractivity contribution in [1.29, 1.82) is 0 Å². The van der Waals surface area contributed by atoms with Gasteiger partial charge in [-0.1, -0.05) is 26.0 Å². The molecule has 0 bridgehead atoms. The van der Waals surface area contributed by atoms with Gasteiger partial charge < -0.3 is 0 Å². The van der Waals surface area contributed by atoms with Gasteiger partial charge in [0, 0.05) is 11.4 Å². The highest BCUT2D eigenvalue weighted by atomic mass is 35.5. The summed E-state index contributed by atoms with van der Waals surface area (Å²) in [6.45, 7) is 5.84. The molecule has 2 unspecified atom stereocenters. The summed E-state index contributed by atoms with van der Waals surface area (Å²) in [7, 11) is -3.45. The fourth-order valence-electron chi connectivity index (χ4n) is 2.11. The summed E-state index contributed by atoms with van der Waals surface area (Å²) < 4.78 is 27.2. The molecular weight excluding hydrogens is 270 g/mol. The summed E-state index contributed by atoms with van der Waals surface area (Å²) in [6.07, 6.45) is 0.680. The van der Waals surface area contributed by atoms with Gasteiger partial charge >= 0.3 is 0 Å². The van der Waals surface area contributed by atoms with Crippen LogP contribution in [-0.4, -0.2) is 19.8 Å². The molecular formula is C13H18ClNO2S. The Hall–Kier alpha value is -0.580. The second-order valence-corrected chi connectivity index (χ2v) is 7.76. The van der Waals surface area contributed by atoms with Gasteiger partial charge in [0.1, 0.15) is 0 Å². The summed E-state index contributed by atoms with van der Waals surface area (Å²) in [5.74, 6) is 0. The average Bonchev–Trinajstić information content (AvgIpc) is 2.28. The van der Waals surface area contributed by atoms with Gasteiger partial charge in [0.15, 0.2) is 0 Å². The lowest BCUT2D eigenvalue weighted by Crippen LogP contribution is -2.59. The zero-order chi connectivity index (χ0) is 13.6. The number of sulfonamides is 1. The van der Waals surface area contributed by atoms with Crippen molar-refractivity contribution in [2.75, 3.05) is 0 Å². The molecule has 1 saturated carbocycles. The fourth-order valence-corrected chi connectivity index (χ4v) is 3.95. The summed E-state index contributed by atoms with van der Waals surface area (Å²) in [5.41, 5.74) is 0.735. The lowest BCUT2D eigenvalue weighted by Gasteiger charge is -2.48. The van der Waals surface area contributed by atoms with Crippen LogP contribution in [0.3, 0.4) is 0 Å². The minimum absolute atomic E-state index is 0.0303. The van der Waals surface area contributed by atoms with Crippen molar-refractivity contribution >= 4 is 21.6 Å². The molecule has 1 aliphatic rings. The van der Waals surface area contributed by atoms with Crippen LogP contribution in [0.4, 0.5) is 0 Å². The molecule has 0 amide bonds. The van der Waals surface area contributed by atoms with Crippen LogP contribution in [0.25, 0.3) is 0 Å². The quantitative estimate of drug-likeness (QED) is 0.869. The van der Waals surface area contributed by atoms with E-state index in [0.29, 0.717) is 11.3 Å². The number of nitrogens with one attached hydrogen (secondary N) is 1. The van der Waals surface area contributed by atoms with Crippen LogP contribution >= 0.6 is 11.6 Å². The van der Waals surface area contributed by atoms with Gasteiger partial charge in [-0.25, -0.2) is 13.1 Å². The normalized spacial score (nSPS) is 26.7. The molecule has 1 aliphatic carbocycles. The number of aryl methyl sites for hydroxylation is 1. The molecule has 1 aromatic rings. The van der Waals surface area contributed by atoms with Crippen molar-refractivity contribution in [3.63, 3.8) is 0 Å². The van der Waals surface area contributed by atoms with E-state index in [1.54, 1.807) is 18.2 Å². The summed E-state index contributed by atoms with van der Waals surface area (Å²) in [6, 6.07) is 6.82. The predicted octanol–water partition coefficient (Wildman–Crippen LogP) is 2.68. The fraction of sp³-hybridized carbons (Fsp3) is 0.538. The first kappa shape index (κ1) is 13.8. The van der Waals surface area contributed by atoms with Crippen LogP contribution in [0.15, 0.2) is 29.2 Å². The lowest BCUT2D eigenvalue weighted by molar-refractivity contribution is 0.137. The van der Waals surface area contributed by atoms with Crippen LogP contribution in [0, 0.1) is 12.3 Å². The van der Waals surface area contributed by atoms with E-state index < -0.39 is 10.0 Å². The summed E-state index contributed by atoms with van der Waals surface area (Å²) in [4.78, 5) is 0.316. The molecule has 0 saturated heterocycles. The van der Waals surface area contributed by atoms with Gasteiger partial charge in [-0.05, 0) is 36.5 Å². The van der Waals surface area contributed by atoms with Gasteiger partial charge in [-0.3, -0.25) is 0 Å². The van der Waals surface area contributed by atoms with Crippen molar-refractivity contribution in [2.45, 2.75) is 43.5 Å². The predicted molar refractivity (Wildman–Crippen MR) is 73.3 cm³/mol. The van der Waals surface area contributed by atoms with Gasteiger partial charge in [-0.2, -0.15) is 0 Å². The van der Waals surface area contributed by atoms with Gasteiger partial charge in [0.05, 0.1) is 4.90 Å². The number of halogens is 1. The van der Waals surface area contributed by atoms with Crippen molar-refractivity contribution in [1.82, 2.24) is 4.72 Å². The standard InChI is InChI=1S/C13H18ClNO2S/c1-9-5-4-6-10(7-9)18(16,17)15-12-8-11(14)13(12,2)3/h4-7,11-12,15H,8H2,1-3H3. The number of rotatable bonds is 3. The van der Waals surface area contributed by atoms with Crippen LogP contribution < -0.4 is 4.72 Å². The van der Waals surface area contributed by atoms with E-state index in [2.05, 4.69) is 4.72 Å². The highest BCUT2D eigenvalue weighted by molar-refractivity contribution is 7.89. The first-order valence-corrected chi connectivity index (χ1v) is 7.88. The van der Waals surface area contributed by atoms with E-state index in [0.717, 1.165) is 5.56 Å². The average molecular weight is 288 g/mol. The van der Waals surface area contributed by atoms with Crippen molar-refractivity contribution in [2.24, 2.45) is 5.41 Å². The van der Waals surface area contributed by atoms with Crippen molar-refractivity contribution < 1.29 is 8.42 Å². The Kier molecular flexibility index (Phi) is 3.47. The van der Waals surface area contributed by atoms with Crippen molar-refractivity contribution in [3.05, 3.63) is 29.8 Å². The molecule has 0 aromatic heterocycles. The molecule has 3 nitrogen and oxygen atoms in total. The first-order valence-electron chi connectivity index (χ1n) is 5.96. The third kappa shape index (κ3) is 2.42. The number of benzene rings is 1. The molecule has 2 rings (SSSR count). The SMILES string of the molecule is Cc1cccc(S(=O)(=O)NC2CC(Cl)C2(C)C)c1. The maximum absolute atomic E-state index is 12.2. The third-order valence-corrected chi connectivity index (χ3v) is 5.96. The Bertz CT molecular complexity index is 554. The van der Waals surface area contributed by atoms with E-state index in [-0.39, 0.29) is 16.8 Å². The molecule has 2 atom stereocenters. The zero-order valence-electron chi connectivity index (χ0n) is 10.8. The topological polar surface area (TPSA) is 46.2 Å². The zero-order valence-corrected chi connectivity index (χ0v) is 12.3. The minimum Gasteiger partial charge on any atom is -0.207 e. The number of hydrogen-bond acceptors (Lipinski definition) is 2. The Morgan fingerprint density at radius 1 is 1.39 bits per heavy atom. The Labute approximate surface area is 114 Å². The van der Waals surface area contributed by atoms with Gasteiger partial charge in [0.2, 0.25) is 10.0 Å². The smallest absolute Gasteiger partial charge is 0.207 e. The molecule has 1 N–H and O–H groups in total. The lowest BCUT2D eigenvalue weighted by atomic mass is 9.67. The Balaban J connectivity index is 2.19. The van der Waals surface area contributed by atoms with E-state index in [9.17, 15) is 8.42 Å². The summed E-state index contributed by atoms with van der Waals surface area (Å²) in [5, 5.41) is 0.0303. The highest BCUT2D eigenvalue weighted by Gasteiger charge is 2.48. The van der Waals surface area contributed by atoms with Crippen LogP contribution in [0.1, 0.15) is 25.8 Å². The molecule has 0 aliphatic heterocycles. The highest BCUT2D eigenvalue weighted by Crippen LogP contribution is 2.44. The van der Waals surface area contributed by atoms with E-state index in [4.69, 9.17) is 11.6 Å². The largest absolute Gasteiger partial charge is 0.240 e.